The van der Waals surface area contributed by atoms with Gasteiger partial charge in [0, 0.05) is 19.3 Å². The van der Waals surface area contributed by atoms with Crippen molar-refractivity contribution in [2.75, 3.05) is 13.2 Å². The van der Waals surface area contributed by atoms with Crippen molar-refractivity contribution in [1.82, 2.24) is 0 Å². The highest BCUT2D eigenvalue weighted by Crippen LogP contribution is 2.28. The summed E-state index contributed by atoms with van der Waals surface area (Å²) in [6, 6.07) is 0. The molecule has 54 heavy (non-hydrogen) atoms. The number of hydrogen-bond donors (Lipinski definition) is 2. The zero-order chi connectivity index (χ0) is 39.8. The first kappa shape index (κ1) is 51.9. The Hall–Kier alpha value is -2.12. The van der Waals surface area contributed by atoms with E-state index >= 15 is 0 Å². The van der Waals surface area contributed by atoms with E-state index in [0.29, 0.717) is 32.1 Å². The maximum atomic E-state index is 12.6. The number of carboxylic acid groups (broad SMARTS) is 2. The molecule has 0 aromatic carbocycles. The molecule has 0 amide bonds. The van der Waals surface area contributed by atoms with Gasteiger partial charge in [-0.25, -0.2) is 0 Å². The maximum absolute atomic E-state index is 12.6. The van der Waals surface area contributed by atoms with Crippen LogP contribution in [0, 0.1) is 5.41 Å². The van der Waals surface area contributed by atoms with Crippen LogP contribution in [0.25, 0.3) is 0 Å². The fourth-order valence-electron chi connectivity index (χ4n) is 7.20. The molecule has 2 N–H and O–H groups in total. The van der Waals surface area contributed by atoms with E-state index in [2.05, 4.69) is 13.8 Å². The van der Waals surface area contributed by atoms with Crippen LogP contribution in [0.15, 0.2) is 0 Å². The molecule has 0 rings (SSSR count). The number of rotatable bonds is 43. The maximum Gasteiger partial charge on any atom is 0.316 e. The molecule has 0 aliphatic rings. The number of hydrogen-bond acceptors (Lipinski definition) is 6. The van der Waals surface area contributed by atoms with E-state index in [9.17, 15) is 24.3 Å². The first-order valence-electron chi connectivity index (χ1n) is 23.0. The summed E-state index contributed by atoms with van der Waals surface area (Å²) in [5, 5.41) is 19.2. The lowest BCUT2D eigenvalue weighted by Crippen LogP contribution is -2.41. The van der Waals surface area contributed by atoms with Crippen molar-refractivity contribution >= 4 is 23.9 Å². The molecule has 0 unspecified atom stereocenters. The first-order valence-corrected chi connectivity index (χ1v) is 23.0. The van der Waals surface area contributed by atoms with E-state index in [-0.39, 0.29) is 38.9 Å². The van der Waals surface area contributed by atoms with Gasteiger partial charge < -0.3 is 19.7 Å². The highest BCUT2D eigenvalue weighted by Gasteiger charge is 2.41. The van der Waals surface area contributed by atoms with Crippen molar-refractivity contribution in [3.05, 3.63) is 0 Å². The van der Waals surface area contributed by atoms with Gasteiger partial charge >= 0.3 is 23.9 Å². The van der Waals surface area contributed by atoms with Crippen molar-refractivity contribution in [2.45, 2.75) is 251 Å². The summed E-state index contributed by atoms with van der Waals surface area (Å²) in [7, 11) is 0. The summed E-state index contributed by atoms with van der Waals surface area (Å²) in [5.41, 5.74) is -1.54. The third kappa shape index (κ3) is 34.4. The Morgan fingerprint density at radius 3 is 0.907 bits per heavy atom. The lowest BCUT2D eigenvalue weighted by atomic mass is 9.84. The van der Waals surface area contributed by atoms with Crippen LogP contribution in [-0.4, -0.2) is 47.3 Å². The van der Waals surface area contributed by atoms with Crippen LogP contribution in [-0.2, 0) is 28.7 Å². The minimum atomic E-state index is -1.54. The Balaban J connectivity index is 4.34. The van der Waals surface area contributed by atoms with Crippen molar-refractivity contribution < 1.29 is 38.9 Å². The number of ether oxygens (including phenoxy) is 2. The van der Waals surface area contributed by atoms with Crippen LogP contribution in [0.3, 0.4) is 0 Å². The molecule has 0 aliphatic heterocycles. The number of unbranched alkanes of at least 4 members (excludes halogenated alkanes) is 30. The van der Waals surface area contributed by atoms with Crippen molar-refractivity contribution in [3.8, 4) is 0 Å². The summed E-state index contributed by atoms with van der Waals surface area (Å²) >= 11 is 0. The van der Waals surface area contributed by atoms with Gasteiger partial charge in [-0.15, -0.1) is 0 Å². The fraction of sp³-hybridized carbons (Fsp3) is 0.913. The average molecular weight is 767 g/mol. The lowest BCUT2D eigenvalue weighted by Gasteiger charge is -2.28. The van der Waals surface area contributed by atoms with Crippen LogP contribution >= 0.6 is 0 Å². The number of carbonyl (C=O) groups is 4. The molecule has 0 aliphatic carbocycles. The largest absolute Gasteiger partial charge is 0.481 e. The standard InChI is InChI=1S/C46H86O8/c1-3-5-7-9-11-13-15-17-19-21-23-25-27-29-33-37-43(49)53-40-46(45(51)52,39-35-31-32-36-42(47)48)41-54-44(50)38-34-30-28-26-24-22-20-18-16-14-12-10-8-6-4-2/h3-41H2,1-2H3,(H,47,48)(H,51,52). The van der Waals surface area contributed by atoms with Crippen LogP contribution < -0.4 is 0 Å². The molecule has 0 heterocycles. The fourth-order valence-corrected chi connectivity index (χ4v) is 7.20. The number of esters is 2. The van der Waals surface area contributed by atoms with E-state index in [0.717, 1.165) is 25.7 Å². The van der Waals surface area contributed by atoms with Gasteiger partial charge in [0.05, 0.1) is 0 Å². The normalized spacial score (nSPS) is 11.5. The van der Waals surface area contributed by atoms with E-state index in [1.807, 2.05) is 0 Å². The SMILES string of the molecule is CCCCCCCCCCCCCCCCCC(=O)OCC(CCCCCC(=O)O)(COC(=O)CCCCCCCCCCCCCCCCC)C(=O)O. The third-order valence-electron chi connectivity index (χ3n) is 11.0. The van der Waals surface area contributed by atoms with Crippen molar-refractivity contribution in [2.24, 2.45) is 5.41 Å². The predicted octanol–water partition coefficient (Wildman–Crippen LogP) is 13.7. The zero-order valence-corrected chi connectivity index (χ0v) is 35.4. The highest BCUT2D eigenvalue weighted by molar-refractivity contribution is 5.77. The first-order chi connectivity index (χ1) is 26.3. The average Bonchev–Trinajstić information content (AvgIpc) is 3.15. The van der Waals surface area contributed by atoms with Gasteiger partial charge in [-0.2, -0.15) is 0 Å². The molecule has 0 atom stereocenters. The second-order valence-corrected chi connectivity index (χ2v) is 16.3. The van der Waals surface area contributed by atoms with Crippen LogP contribution in [0.5, 0.6) is 0 Å². The zero-order valence-electron chi connectivity index (χ0n) is 35.4. The van der Waals surface area contributed by atoms with Crippen LogP contribution in [0.1, 0.15) is 251 Å². The summed E-state index contributed by atoms with van der Waals surface area (Å²) in [4.78, 5) is 48.7. The van der Waals surface area contributed by atoms with E-state index in [1.54, 1.807) is 0 Å². The number of aliphatic carboxylic acids is 2. The molecule has 0 saturated carbocycles. The van der Waals surface area contributed by atoms with Gasteiger partial charge in [0.25, 0.3) is 0 Å². The summed E-state index contributed by atoms with van der Waals surface area (Å²) in [6.07, 6.45) is 39.2. The van der Waals surface area contributed by atoms with E-state index in [4.69, 9.17) is 14.6 Å². The Labute approximate surface area is 332 Å². The molecule has 8 heteroatoms. The number of carbonyl (C=O) groups excluding carboxylic acids is 2. The minimum absolute atomic E-state index is 0.0164. The number of carboxylic acids is 2. The summed E-state index contributed by atoms with van der Waals surface area (Å²) < 4.78 is 11.0. The van der Waals surface area contributed by atoms with Gasteiger partial charge in [-0.05, 0) is 25.7 Å². The van der Waals surface area contributed by atoms with Gasteiger partial charge in [0.15, 0.2) is 0 Å². The molecule has 0 bridgehead atoms. The van der Waals surface area contributed by atoms with Crippen LogP contribution in [0.2, 0.25) is 0 Å². The topological polar surface area (TPSA) is 127 Å². The van der Waals surface area contributed by atoms with Gasteiger partial charge in [-0.1, -0.05) is 206 Å². The quantitative estimate of drug-likeness (QED) is 0.0464. The van der Waals surface area contributed by atoms with Gasteiger partial charge in [0.1, 0.15) is 18.6 Å². The molecule has 0 radical (unpaired) electrons. The molecule has 0 fully saturated rings. The Bertz CT molecular complexity index is 838. The van der Waals surface area contributed by atoms with Gasteiger partial charge in [0.2, 0.25) is 0 Å². The Morgan fingerprint density at radius 2 is 0.630 bits per heavy atom. The van der Waals surface area contributed by atoms with Crippen molar-refractivity contribution in [3.63, 3.8) is 0 Å². The van der Waals surface area contributed by atoms with E-state index < -0.39 is 29.3 Å². The molecule has 0 saturated heterocycles. The molecule has 0 aromatic heterocycles. The van der Waals surface area contributed by atoms with Gasteiger partial charge in [-0.3, -0.25) is 19.2 Å². The van der Waals surface area contributed by atoms with Crippen molar-refractivity contribution in [1.29, 1.82) is 0 Å². The second-order valence-electron chi connectivity index (χ2n) is 16.3. The monoisotopic (exact) mass is 767 g/mol. The highest BCUT2D eigenvalue weighted by atomic mass is 16.6. The Kier molecular flexibility index (Phi) is 37.6. The third-order valence-corrected chi connectivity index (χ3v) is 11.0. The molecular weight excluding hydrogens is 680 g/mol. The molecular formula is C46H86O8. The molecule has 0 aromatic rings. The van der Waals surface area contributed by atoms with Crippen LogP contribution in [0.4, 0.5) is 0 Å². The summed E-state index contributed by atoms with van der Waals surface area (Å²) in [6.45, 7) is 3.80. The molecule has 0 spiro atoms. The lowest BCUT2D eigenvalue weighted by molar-refractivity contribution is -0.168. The molecule has 318 valence electrons. The summed E-state index contributed by atoms with van der Waals surface area (Å²) in [5.74, 6) is -2.91. The smallest absolute Gasteiger partial charge is 0.316 e. The second kappa shape index (κ2) is 39.1. The minimum Gasteiger partial charge on any atom is -0.481 e. The predicted molar refractivity (Wildman–Crippen MR) is 222 cm³/mol. The Morgan fingerprint density at radius 1 is 0.370 bits per heavy atom. The van der Waals surface area contributed by atoms with E-state index in [1.165, 1.54) is 154 Å². The molecule has 8 nitrogen and oxygen atoms in total.